The van der Waals surface area contributed by atoms with Gasteiger partial charge in [-0.15, -0.1) is 0 Å². The molecule has 2 rings (SSSR count). The first kappa shape index (κ1) is 11.5. The molecule has 5 heteroatoms. The number of halogens is 1. The Morgan fingerprint density at radius 1 is 1.50 bits per heavy atom. The maximum Gasteiger partial charge on any atom is 0.223 e. The van der Waals surface area contributed by atoms with Gasteiger partial charge in [0.25, 0.3) is 0 Å². The van der Waals surface area contributed by atoms with Crippen molar-refractivity contribution >= 4 is 23.4 Å². The zero-order valence-electron chi connectivity index (χ0n) is 9.49. The Labute approximate surface area is 101 Å². The molecule has 1 fully saturated rings. The van der Waals surface area contributed by atoms with E-state index in [9.17, 15) is 0 Å². The van der Waals surface area contributed by atoms with E-state index in [0.29, 0.717) is 5.15 Å². The zero-order valence-corrected chi connectivity index (χ0v) is 10.2. The Bertz CT molecular complexity index is 345. The predicted octanol–water partition coefficient (Wildman–Crippen LogP) is 2.34. The lowest BCUT2D eigenvalue weighted by Gasteiger charge is -2.23. The Morgan fingerprint density at radius 3 is 2.81 bits per heavy atom. The average Bonchev–Trinajstić information content (AvgIpc) is 2.99. The molecule has 0 saturated heterocycles. The maximum absolute atomic E-state index is 5.89. The van der Waals surface area contributed by atoms with Gasteiger partial charge in [-0.25, -0.2) is 4.98 Å². The van der Waals surface area contributed by atoms with E-state index in [1.165, 1.54) is 12.8 Å². The standard InChI is InChI=1S/C11H17ClN4/c1-2-5-16(7-8-3-4-8)10-6-9(12)14-11(13)15-10/h6,8H,2-5,7H2,1H3,(H2,13,14,15). The second-order valence-corrected chi connectivity index (χ2v) is 4.68. The van der Waals surface area contributed by atoms with Gasteiger partial charge < -0.3 is 10.6 Å². The summed E-state index contributed by atoms with van der Waals surface area (Å²) < 4.78 is 0. The van der Waals surface area contributed by atoms with E-state index < -0.39 is 0 Å². The van der Waals surface area contributed by atoms with Gasteiger partial charge in [0.1, 0.15) is 11.0 Å². The van der Waals surface area contributed by atoms with Crippen molar-refractivity contribution in [2.75, 3.05) is 23.7 Å². The summed E-state index contributed by atoms with van der Waals surface area (Å²) in [7, 11) is 0. The summed E-state index contributed by atoms with van der Waals surface area (Å²) in [5.74, 6) is 1.92. The fourth-order valence-corrected chi connectivity index (χ4v) is 1.95. The number of hydrogen-bond acceptors (Lipinski definition) is 4. The predicted molar refractivity (Wildman–Crippen MR) is 66.7 cm³/mol. The van der Waals surface area contributed by atoms with Gasteiger partial charge in [-0.3, -0.25) is 0 Å². The molecule has 0 unspecified atom stereocenters. The van der Waals surface area contributed by atoms with Crippen LogP contribution in [0.4, 0.5) is 11.8 Å². The van der Waals surface area contributed by atoms with Gasteiger partial charge in [0.2, 0.25) is 5.95 Å². The van der Waals surface area contributed by atoms with E-state index in [2.05, 4.69) is 21.8 Å². The highest BCUT2D eigenvalue weighted by atomic mass is 35.5. The van der Waals surface area contributed by atoms with Crippen LogP contribution in [0.2, 0.25) is 5.15 Å². The third-order valence-electron chi connectivity index (χ3n) is 2.69. The molecule has 1 aliphatic carbocycles. The van der Waals surface area contributed by atoms with Crippen molar-refractivity contribution in [1.82, 2.24) is 9.97 Å². The van der Waals surface area contributed by atoms with E-state index in [1.807, 2.05) is 0 Å². The third-order valence-corrected chi connectivity index (χ3v) is 2.89. The molecule has 0 spiro atoms. The fourth-order valence-electron chi connectivity index (χ4n) is 1.77. The summed E-state index contributed by atoms with van der Waals surface area (Å²) in [5.41, 5.74) is 5.61. The molecule has 4 nitrogen and oxygen atoms in total. The number of nitrogens with two attached hydrogens (primary N) is 1. The molecule has 1 heterocycles. The highest BCUT2D eigenvalue weighted by molar-refractivity contribution is 6.29. The summed E-state index contributed by atoms with van der Waals surface area (Å²) in [6.45, 7) is 4.20. The molecule has 0 radical (unpaired) electrons. The molecule has 16 heavy (non-hydrogen) atoms. The maximum atomic E-state index is 5.89. The minimum absolute atomic E-state index is 0.249. The molecule has 1 aliphatic rings. The molecule has 0 amide bonds. The molecule has 1 aromatic rings. The lowest BCUT2D eigenvalue weighted by atomic mass is 10.3. The van der Waals surface area contributed by atoms with Crippen LogP contribution >= 0.6 is 11.6 Å². The van der Waals surface area contributed by atoms with Crippen LogP contribution in [-0.2, 0) is 0 Å². The first-order valence-electron chi connectivity index (χ1n) is 5.74. The summed E-state index contributed by atoms with van der Waals surface area (Å²) in [6.07, 6.45) is 3.75. The fraction of sp³-hybridized carbons (Fsp3) is 0.636. The number of aromatic nitrogens is 2. The molecular weight excluding hydrogens is 224 g/mol. The Hall–Kier alpha value is -1.03. The second-order valence-electron chi connectivity index (χ2n) is 4.30. The first-order valence-corrected chi connectivity index (χ1v) is 6.12. The van der Waals surface area contributed by atoms with Crippen molar-refractivity contribution in [3.63, 3.8) is 0 Å². The molecule has 1 aromatic heterocycles. The monoisotopic (exact) mass is 240 g/mol. The van der Waals surface area contributed by atoms with Crippen molar-refractivity contribution in [2.24, 2.45) is 5.92 Å². The van der Waals surface area contributed by atoms with Gasteiger partial charge in [-0.05, 0) is 25.2 Å². The van der Waals surface area contributed by atoms with Crippen molar-refractivity contribution in [2.45, 2.75) is 26.2 Å². The average molecular weight is 241 g/mol. The minimum Gasteiger partial charge on any atom is -0.368 e. The van der Waals surface area contributed by atoms with E-state index >= 15 is 0 Å². The quantitative estimate of drug-likeness (QED) is 0.803. The smallest absolute Gasteiger partial charge is 0.223 e. The van der Waals surface area contributed by atoms with Crippen molar-refractivity contribution in [3.05, 3.63) is 11.2 Å². The van der Waals surface area contributed by atoms with E-state index in [1.54, 1.807) is 6.07 Å². The second kappa shape index (κ2) is 4.87. The SMILES string of the molecule is CCCN(CC1CC1)c1cc(Cl)nc(N)n1. The summed E-state index contributed by atoms with van der Waals surface area (Å²) in [4.78, 5) is 10.4. The van der Waals surface area contributed by atoms with Crippen LogP contribution in [0.3, 0.4) is 0 Å². The summed E-state index contributed by atoms with van der Waals surface area (Å²) in [6, 6.07) is 1.79. The van der Waals surface area contributed by atoms with Crippen LogP contribution in [0.5, 0.6) is 0 Å². The topological polar surface area (TPSA) is 55.0 Å². The lowest BCUT2D eigenvalue weighted by molar-refractivity contribution is 0.698. The highest BCUT2D eigenvalue weighted by Gasteiger charge is 2.24. The van der Waals surface area contributed by atoms with Gasteiger partial charge >= 0.3 is 0 Å². The minimum atomic E-state index is 0.249. The van der Waals surface area contributed by atoms with Crippen molar-refractivity contribution < 1.29 is 0 Å². The van der Waals surface area contributed by atoms with Gasteiger partial charge in [-0.2, -0.15) is 4.98 Å². The van der Waals surface area contributed by atoms with E-state index in [4.69, 9.17) is 17.3 Å². The molecule has 0 atom stereocenters. The van der Waals surface area contributed by atoms with Crippen LogP contribution in [-0.4, -0.2) is 23.1 Å². The number of nitrogen functional groups attached to an aromatic ring is 1. The molecule has 2 N–H and O–H groups in total. The van der Waals surface area contributed by atoms with Crippen LogP contribution in [0.25, 0.3) is 0 Å². The number of rotatable bonds is 5. The molecule has 1 saturated carbocycles. The van der Waals surface area contributed by atoms with E-state index in [0.717, 1.165) is 31.2 Å². The largest absolute Gasteiger partial charge is 0.368 e. The normalized spacial score (nSPS) is 15.1. The number of hydrogen-bond donors (Lipinski definition) is 1. The molecular formula is C11H17ClN4. The van der Waals surface area contributed by atoms with Crippen LogP contribution < -0.4 is 10.6 Å². The zero-order chi connectivity index (χ0) is 11.5. The molecule has 0 aromatic carbocycles. The van der Waals surface area contributed by atoms with Crippen molar-refractivity contribution in [3.8, 4) is 0 Å². The third kappa shape index (κ3) is 2.98. The highest BCUT2D eigenvalue weighted by Crippen LogP contribution is 2.31. The Balaban J connectivity index is 2.15. The summed E-state index contributed by atoms with van der Waals surface area (Å²) >= 11 is 5.89. The van der Waals surface area contributed by atoms with Crippen LogP contribution in [0.1, 0.15) is 26.2 Å². The summed E-state index contributed by atoms with van der Waals surface area (Å²) in [5, 5.41) is 0.416. The van der Waals surface area contributed by atoms with Gasteiger partial charge in [0.05, 0.1) is 0 Å². The molecule has 0 bridgehead atoms. The van der Waals surface area contributed by atoms with Crippen molar-refractivity contribution in [1.29, 1.82) is 0 Å². The van der Waals surface area contributed by atoms with Crippen LogP contribution in [0.15, 0.2) is 6.07 Å². The van der Waals surface area contributed by atoms with E-state index in [-0.39, 0.29) is 5.95 Å². The van der Waals surface area contributed by atoms with Crippen LogP contribution in [0, 0.1) is 5.92 Å². The Kier molecular flexibility index (Phi) is 3.49. The molecule has 88 valence electrons. The van der Waals surface area contributed by atoms with Gasteiger partial charge in [0.15, 0.2) is 0 Å². The van der Waals surface area contributed by atoms with Gasteiger partial charge in [-0.1, -0.05) is 18.5 Å². The van der Waals surface area contributed by atoms with Gasteiger partial charge in [0, 0.05) is 19.2 Å². The molecule has 0 aliphatic heterocycles. The Morgan fingerprint density at radius 2 is 2.25 bits per heavy atom. The lowest BCUT2D eigenvalue weighted by Crippen LogP contribution is -2.27. The number of anilines is 2. The number of nitrogens with zero attached hydrogens (tertiary/aromatic N) is 3. The first-order chi connectivity index (χ1) is 7.69.